The molecule has 0 heterocycles. The van der Waals surface area contributed by atoms with Crippen LogP contribution in [0, 0.1) is 5.41 Å². The van der Waals surface area contributed by atoms with Crippen LogP contribution >= 0.6 is 0 Å². The van der Waals surface area contributed by atoms with Crippen LogP contribution < -0.4 is 16.4 Å². The van der Waals surface area contributed by atoms with Crippen molar-refractivity contribution in [3.05, 3.63) is 59.7 Å². The Labute approximate surface area is 173 Å². The number of carbonyl (C=O) groups excluding carboxylic acids is 2. The molecule has 5 N–H and O–H groups in total. The normalized spacial score (nSPS) is 13.2. The lowest BCUT2D eigenvalue weighted by atomic mass is 10.1. The predicted octanol–water partition coefficient (Wildman–Crippen LogP) is 2.80. The third-order valence-electron chi connectivity index (χ3n) is 3.96. The first kappa shape index (κ1) is 23.2. The lowest BCUT2D eigenvalue weighted by Gasteiger charge is -2.17. The van der Waals surface area contributed by atoms with Gasteiger partial charge in [-0.3, -0.25) is 15.0 Å². The number of hydrogen-bond acceptors (Lipinski definition) is 4. The first-order valence-corrected chi connectivity index (χ1v) is 9.74. The lowest BCUT2D eigenvalue weighted by Crippen LogP contribution is -2.30. The van der Waals surface area contributed by atoms with E-state index in [-0.39, 0.29) is 5.84 Å². The minimum Gasteiger partial charge on any atom is -0.604 e. The molecule has 2 unspecified atom stereocenters. The Morgan fingerprint density at radius 1 is 1.17 bits per heavy atom. The molecule has 0 fully saturated rings. The summed E-state index contributed by atoms with van der Waals surface area (Å²) in [5.41, 5.74) is 1.67. The van der Waals surface area contributed by atoms with Crippen LogP contribution in [0.15, 0.2) is 53.4 Å². The SMILES string of the molecule is CC(NC(=O)CC(=O)Nc1ccc(C(=N)N)cc1)c1cccc([S+]([O-])C(F)(F)F)c1. The zero-order valence-corrected chi connectivity index (χ0v) is 16.6. The van der Waals surface area contributed by atoms with Crippen LogP contribution in [-0.4, -0.2) is 27.7 Å². The minimum atomic E-state index is -4.88. The van der Waals surface area contributed by atoms with Crippen LogP contribution in [0.25, 0.3) is 0 Å². The molecule has 0 aliphatic heterocycles. The number of amides is 2. The largest absolute Gasteiger partial charge is 0.604 e. The van der Waals surface area contributed by atoms with Gasteiger partial charge in [-0.1, -0.05) is 12.1 Å². The molecule has 0 aliphatic carbocycles. The van der Waals surface area contributed by atoms with Crippen LogP contribution in [-0.2, 0) is 20.8 Å². The number of nitrogens with two attached hydrogens (primary N) is 1. The summed E-state index contributed by atoms with van der Waals surface area (Å²) in [5.74, 6) is -1.35. The maximum Gasteiger partial charge on any atom is 0.578 e. The van der Waals surface area contributed by atoms with Gasteiger partial charge in [-0.2, -0.15) is 0 Å². The third kappa shape index (κ3) is 6.49. The molecule has 7 nitrogen and oxygen atoms in total. The molecule has 2 amide bonds. The van der Waals surface area contributed by atoms with E-state index < -0.39 is 45.9 Å². The molecule has 30 heavy (non-hydrogen) atoms. The Balaban J connectivity index is 1.94. The van der Waals surface area contributed by atoms with Crippen molar-refractivity contribution in [2.24, 2.45) is 5.73 Å². The van der Waals surface area contributed by atoms with Crippen LogP contribution in [0.1, 0.15) is 30.5 Å². The number of rotatable bonds is 7. The van der Waals surface area contributed by atoms with Gasteiger partial charge in [-0.15, -0.1) is 13.2 Å². The van der Waals surface area contributed by atoms with Gasteiger partial charge in [-0.25, -0.2) is 0 Å². The Morgan fingerprint density at radius 3 is 2.37 bits per heavy atom. The Bertz CT molecular complexity index is 935. The monoisotopic (exact) mass is 440 g/mol. The van der Waals surface area contributed by atoms with Crippen LogP contribution in [0.2, 0.25) is 0 Å². The molecule has 2 atom stereocenters. The molecule has 11 heteroatoms. The molecule has 0 bridgehead atoms. The first-order chi connectivity index (χ1) is 14.0. The number of benzene rings is 2. The molecule has 0 radical (unpaired) electrons. The molecule has 2 aromatic rings. The topological polar surface area (TPSA) is 131 Å². The second-order valence-corrected chi connectivity index (χ2v) is 7.76. The number of halogens is 3. The lowest BCUT2D eigenvalue weighted by molar-refractivity contribution is -0.127. The van der Waals surface area contributed by atoms with Crippen molar-refractivity contribution >= 4 is 34.5 Å². The smallest absolute Gasteiger partial charge is 0.578 e. The van der Waals surface area contributed by atoms with E-state index in [2.05, 4.69) is 10.6 Å². The van der Waals surface area contributed by atoms with Gasteiger partial charge in [0.1, 0.15) is 12.3 Å². The van der Waals surface area contributed by atoms with Crippen LogP contribution in [0.5, 0.6) is 0 Å². The maximum atomic E-state index is 12.6. The highest BCUT2D eigenvalue weighted by Crippen LogP contribution is 2.31. The fourth-order valence-electron chi connectivity index (χ4n) is 2.49. The Morgan fingerprint density at radius 2 is 1.80 bits per heavy atom. The molecule has 160 valence electrons. The zero-order valence-electron chi connectivity index (χ0n) is 15.7. The molecule has 0 aromatic heterocycles. The number of nitrogen functional groups attached to an aromatic ring is 1. The van der Waals surface area contributed by atoms with E-state index in [1.165, 1.54) is 43.3 Å². The van der Waals surface area contributed by atoms with E-state index in [1.807, 2.05) is 0 Å². The molecule has 0 spiro atoms. The molecule has 0 aliphatic rings. The second-order valence-electron chi connectivity index (χ2n) is 6.29. The van der Waals surface area contributed by atoms with Gasteiger partial charge >= 0.3 is 5.51 Å². The van der Waals surface area contributed by atoms with Crippen molar-refractivity contribution in [2.45, 2.75) is 29.8 Å². The molecule has 2 rings (SSSR count). The van der Waals surface area contributed by atoms with Gasteiger partial charge in [0, 0.05) is 11.3 Å². The summed E-state index contributed by atoms with van der Waals surface area (Å²) in [6, 6.07) is 10.4. The third-order valence-corrected chi connectivity index (χ3v) is 5.06. The van der Waals surface area contributed by atoms with Crippen molar-refractivity contribution in [3.8, 4) is 0 Å². The average Bonchev–Trinajstić information content (AvgIpc) is 2.66. The average molecular weight is 440 g/mol. The van der Waals surface area contributed by atoms with E-state index >= 15 is 0 Å². The Hall–Kier alpha value is -3.05. The van der Waals surface area contributed by atoms with Crippen LogP contribution in [0.4, 0.5) is 18.9 Å². The fraction of sp³-hybridized carbons (Fsp3) is 0.211. The van der Waals surface area contributed by atoms with Gasteiger partial charge in [0.05, 0.1) is 17.2 Å². The maximum absolute atomic E-state index is 12.6. The summed E-state index contributed by atoms with van der Waals surface area (Å²) in [5, 5.41) is 12.3. The molecule has 0 saturated heterocycles. The quantitative estimate of drug-likeness (QED) is 0.228. The number of hydrogen-bond donors (Lipinski definition) is 4. The number of carbonyl (C=O) groups is 2. The molecule has 2 aromatic carbocycles. The summed E-state index contributed by atoms with van der Waals surface area (Å²) in [4.78, 5) is 23.7. The minimum absolute atomic E-state index is 0.121. The van der Waals surface area contributed by atoms with Gasteiger partial charge in [0.25, 0.3) is 0 Å². The first-order valence-electron chi connectivity index (χ1n) is 8.59. The van der Waals surface area contributed by atoms with Crippen molar-refractivity contribution in [2.75, 3.05) is 5.32 Å². The number of alkyl halides is 3. The molecular weight excluding hydrogens is 421 g/mol. The highest BCUT2D eigenvalue weighted by molar-refractivity contribution is 7.92. The van der Waals surface area contributed by atoms with E-state index in [9.17, 15) is 27.3 Å². The summed E-state index contributed by atoms with van der Waals surface area (Å²) >= 11 is -3.17. The van der Waals surface area contributed by atoms with Crippen molar-refractivity contribution in [3.63, 3.8) is 0 Å². The fourth-order valence-corrected chi connectivity index (χ4v) is 3.21. The highest BCUT2D eigenvalue weighted by atomic mass is 32.2. The van der Waals surface area contributed by atoms with Gasteiger partial charge in [-0.05, 0) is 48.9 Å². The zero-order chi connectivity index (χ0) is 22.5. The van der Waals surface area contributed by atoms with E-state index in [1.54, 1.807) is 0 Å². The van der Waals surface area contributed by atoms with E-state index in [4.69, 9.17) is 11.1 Å². The summed E-state index contributed by atoms with van der Waals surface area (Å²) in [7, 11) is 0. The summed E-state index contributed by atoms with van der Waals surface area (Å²) in [6.45, 7) is 1.53. The number of nitrogens with one attached hydrogen (secondary N) is 3. The molecular formula is C19H19F3N4O3S. The van der Waals surface area contributed by atoms with Gasteiger partial charge < -0.3 is 20.9 Å². The summed E-state index contributed by atoms with van der Waals surface area (Å²) < 4.78 is 49.4. The molecule has 0 saturated carbocycles. The summed E-state index contributed by atoms with van der Waals surface area (Å²) in [6.07, 6.45) is -0.507. The van der Waals surface area contributed by atoms with Crippen LogP contribution in [0.3, 0.4) is 0 Å². The van der Waals surface area contributed by atoms with Crippen molar-refractivity contribution in [1.82, 2.24) is 5.32 Å². The van der Waals surface area contributed by atoms with Crippen molar-refractivity contribution < 1.29 is 27.3 Å². The second kappa shape index (κ2) is 9.63. The number of amidine groups is 1. The van der Waals surface area contributed by atoms with Crippen molar-refractivity contribution in [1.29, 1.82) is 5.41 Å². The predicted molar refractivity (Wildman–Crippen MR) is 106 cm³/mol. The standard InChI is InChI=1S/C19H19F3N4O3S/c1-11(13-3-2-4-15(9-13)30(29)19(20,21)22)25-16(27)10-17(28)26-14-7-5-12(6-8-14)18(23)24/h2-9,11H,10H2,1H3,(H3,23,24)(H,25,27)(H,26,28). The van der Waals surface area contributed by atoms with E-state index in [0.29, 0.717) is 16.8 Å². The van der Waals surface area contributed by atoms with E-state index in [0.717, 1.165) is 12.1 Å². The van der Waals surface area contributed by atoms with Gasteiger partial charge in [0.15, 0.2) is 4.90 Å². The highest BCUT2D eigenvalue weighted by Gasteiger charge is 2.46. The Kier molecular flexibility index (Phi) is 7.46. The van der Waals surface area contributed by atoms with Gasteiger partial charge in [0.2, 0.25) is 11.8 Å². The number of anilines is 1.